The summed E-state index contributed by atoms with van der Waals surface area (Å²) >= 11 is 0. The van der Waals surface area contributed by atoms with Crippen LogP contribution in [0.25, 0.3) is 21.9 Å². The predicted molar refractivity (Wildman–Crippen MR) is 130 cm³/mol. The number of furan rings is 1. The summed E-state index contributed by atoms with van der Waals surface area (Å²) in [5.41, 5.74) is 2.34. The lowest BCUT2D eigenvalue weighted by molar-refractivity contribution is -0.114. The fraction of sp³-hybridized carbons (Fsp3) is 0.0385. The Morgan fingerprint density at radius 3 is 2.15 bits per heavy atom. The van der Waals surface area contributed by atoms with Crippen LogP contribution >= 0.6 is 0 Å². The Morgan fingerprint density at radius 1 is 0.758 bits per heavy atom. The summed E-state index contributed by atoms with van der Waals surface area (Å²) < 4.78 is 33.6. The zero-order valence-electron chi connectivity index (χ0n) is 17.5. The van der Waals surface area contributed by atoms with E-state index < -0.39 is 15.9 Å². The van der Waals surface area contributed by atoms with Gasteiger partial charge >= 0.3 is 0 Å². The second-order valence-electron chi connectivity index (χ2n) is 7.52. The van der Waals surface area contributed by atoms with Gasteiger partial charge in [-0.25, -0.2) is 8.42 Å². The molecule has 5 rings (SSSR count). The fourth-order valence-electron chi connectivity index (χ4n) is 3.76. The van der Waals surface area contributed by atoms with Gasteiger partial charge in [0.2, 0.25) is 5.91 Å². The number of hydrogen-bond donors (Lipinski definition) is 1. The molecular formula is C26H20N2O4S. The quantitative estimate of drug-likeness (QED) is 0.370. The minimum absolute atomic E-state index is 0.116. The normalized spacial score (nSPS) is 11.5. The monoisotopic (exact) mass is 456 g/mol. The number of anilines is 2. The molecule has 33 heavy (non-hydrogen) atoms. The van der Waals surface area contributed by atoms with Gasteiger partial charge < -0.3 is 9.73 Å². The smallest absolute Gasteiger partial charge is 0.264 e. The van der Waals surface area contributed by atoms with Crippen LogP contribution in [0, 0.1) is 0 Å². The van der Waals surface area contributed by atoms with Gasteiger partial charge in [-0.05, 0) is 42.5 Å². The first-order chi connectivity index (χ1) is 16.0. The highest BCUT2D eigenvalue weighted by Gasteiger charge is 2.27. The zero-order chi connectivity index (χ0) is 22.8. The summed E-state index contributed by atoms with van der Waals surface area (Å²) in [5.74, 6) is -0.464. The molecule has 0 fully saturated rings. The van der Waals surface area contributed by atoms with Crippen molar-refractivity contribution < 1.29 is 17.6 Å². The van der Waals surface area contributed by atoms with Crippen molar-refractivity contribution in [3.63, 3.8) is 0 Å². The molecule has 0 radical (unpaired) electrons. The third-order valence-electron chi connectivity index (χ3n) is 5.33. The maximum absolute atomic E-state index is 13.3. The van der Waals surface area contributed by atoms with E-state index in [0.29, 0.717) is 17.0 Å². The van der Waals surface area contributed by atoms with Crippen LogP contribution in [0.4, 0.5) is 11.4 Å². The highest BCUT2D eigenvalue weighted by atomic mass is 32.2. The first kappa shape index (κ1) is 20.8. The topological polar surface area (TPSA) is 79.6 Å². The lowest BCUT2D eigenvalue weighted by Crippen LogP contribution is -2.38. The number of para-hydroxylation sites is 2. The third-order valence-corrected chi connectivity index (χ3v) is 7.11. The molecule has 1 N–H and O–H groups in total. The second-order valence-corrected chi connectivity index (χ2v) is 9.38. The van der Waals surface area contributed by atoms with E-state index >= 15 is 0 Å². The Kier molecular flexibility index (Phi) is 5.32. The Labute approximate surface area is 191 Å². The number of amides is 1. The molecule has 0 spiro atoms. The van der Waals surface area contributed by atoms with Gasteiger partial charge in [-0.3, -0.25) is 9.10 Å². The second kappa shape index (κ2) is 8.44. The largest absolute Gasteiger partial charge is 0.456 e. The molecule has 0 saturated carbocycles. The summed E-state index contributed by atoms with van der Waals surface area (Å²) in [6, 6.07) is 29.8. The molecule has 6 nitrogen and oxygen atoms in total. The van der Waals surface area contributed by atoms with Crippen molar-refractivity contribution >= 4 is 49.2 Å². The lowest BCUT2D eigenvalue weighted by Gasteiger charge is -2.24. The molecular weight excluding hydrogens is 436 g/mol. The van der Waals surface area contributed by atoms with E-state index in [1.54, 1.807) is 60.7 Å². The molecule has 1 aromatic heterocycles. The number of sulfonamides is 1. The van der Waals surface area contributed by atoms with Crippen molar-refractivity contribution in [3.05, 3.63) is 103 Å². The standard InChI is InChI=1S/C26H20N2O4S/c29-26(27-19-15-16-23-22-13-7-8-14-24(22)32-25(23)17-19)18-28(20-9-3-1-4-10-20)33(30,31)21-11-5-2-6-12-21/h1-17H,18H2,(H,27,29). The van der Waals surface area contributed by atoms with Gasteiger partial charge in [-0.1, -0.05) is 54.6 Å². The minimum Gasteiger partial charge on any atom is -0.456 e. The van der Waals surface area contributed by atoms with Crippen LogP contribution < -0.4 is 9.62 Å². The third kappa shape index (κ3) is 4.06. The van der Waals surface area contributed by atoms with Gasteiger partial charge in [0.25, 0.3) is 10.0 Å². The van der Waals surface area contributed by atoms with Crippen molar-refractivity contribution in [1.29, 1.82) is 0 Å². The van der Waals surface area contributed by atoms with E-state index in [1.807, 2.05) is 30.3 Å². The molecule has 0 atom stereocenters. The van der Waals surface area contributed by atoms with Crippen LogP contribution in [-0.2, 0) is 14.8 Å². The van der Waals surface area contributed by atoms with Crippen molar-refractivity contribution in [2.45, 2.75) is 4.90 Å². The van der Waals surface area contributed by atoms with Gasteiger partial charge in [0, 0.05) is 22.5 Å². The van der Waals surface area contributed by atoms with Crippen LogP contribution in [0.15, 0.2) is 112 Å². The minimum atomic E-state index is -3.94. The number of benzene rings is 4. The molecule has 0 aliphatic rings. The van der Waals surface area contributed by atoms with Crippen LogP contribution in [0.5, 0.6) is 0 Å². The van der Waals surface area contributed by atoms with E-state index in [1.165, 1.54) is 12.1 Å². The average Bonchev–Trinajstić information content (AvgIpc) is 3.21. The number of nitrogens with one attached hydrogen (secondary N) is 1. The SMILES string of the molecule is O=C(CN(c1ccccc1)S(=O)(=O)c1ccccc1)Nc1ccc2c(c1)oc1ccccc12. The first-order valence-corrected chi connectivity index (χ1v) is 11.8. The maximum atomic E-state index is 13.3. The van der Waals surface area contributed by atoms with Crippen molar-refractivity contribution in [2.24, 2.45) is 0 Å². The van der Waals surface area contributed by atoms with Gasteiger partial charge in [0.1, 0.15) is 17.7 Å². The van der Waals surface area contributed by atoms with Gasteiger partial charge in [0.15, 0.2) is 0 Å². The summed E-state index contributed by atoms with van der Waals surface area (Å²) in [6.45, 7) is -0.376. The van der Waals surface area contributed by atoms with Gasteiger partial charge in [-0.2, -0.15) is 0 Å². The molecule has 4 aromatic carbocycles. The summed E-state index contributed by atoms with van der Waals surface area (Å²) in [5, 5.41) is 4.74. The predicted octanol–water partition coefficient (Wildman–Crippen LogP) is 5.42. The number of rotatable bonds is 6. The highest BCUT2D eigenvalue weighted by Crippen LogP contribution is 2.30. The van der Waals surface area contributed by atoms with Crippen LogP contribution in [0.1, 0.15) is 0 Å². The molecule has 0 saturated heterocycles. The van der Waals surface area contributed by atoms with Crippen molar-refractivity contribution in [1.82, 2.24) is 0 Å². The average molecular weight is 457 g/mol. The fourth-order valence-corrected chi connectivity index (χ4v) is 5.21. The van der Waals surface area contributed by atoms with E-state index in [2.05, 4.69) is 5.32 Å². The molecule has 0 aliphatic heterocycles. The molecule has 5 aromatic rings. The van der Waals surface area contributed by atoms with Crippen molar-refractivity contribution in [2.75, 3.05) is 16.2 Å². The lowest BCUT2D eigenvalue weighted by atomic mass is 10.1. The van der Waals surface area contributed by atoms with E-state index in [9.17, 15) is 13.2 Å². The van der Waals surface area contributed by atoms with E-state index in [0.717, 1.165) is 20.7 Å². The summed E-state index contributed by atoms with van der Waals surface area (Å²) in [4.78, 5) is 13.1. The van der Waals surface area contributed by atoms with E-state index in [4.69, 9.17) is 4.42 Å². The number of carbonyl (C=O) groups excluding carboxylic acids is 1. The Balaban J connectivity index is 1.44. The van der Waals surface area contributed by atoms with Crippen LogP contribution in [0.2, 0.25) is 0 Å². The Bertz CT molecular complexity index is 1550. The zero-order valence-corrected chi connectivity index (χ0v) is 18.3. The molecule has 0 aliphatic carbocycles. The molecule has 164 valence electrons. The number of hydrogen-bond acceptors (Lipinski definition) is 4. The first-order valence-electron chi connectivity index (χ1n) is 10.4. The molecule has 0 bridgehead atoms. The van der Waals surface area contributed by atoms with Gasteiger partial charge in [-0.15, -0.1) is 0 Å². The van der Waals surface area contributed by atoms with E-state index in [-0.39, 0.29) is 11.4 Å². The molecule has 1 heterocycles. The number of carbonyl (C=O) groups is 1. The summed E-state index contributed by atoms with van der Waals surface area (Å²) in [7, 11) is -3.94. The highest BCUT2D eigenvalue weighted by molar-refractivity contribution is 7.92. The van der Waals surface area contributed by atoms with Crippen LogP contribution in [0.3, 0.4) is 0 Å². The maximum Gasteiger partial charge on any atom is 0.264 e. The molecule has 0 unspecified atom stereocenters. The number of fused-ring (bicyclic) bond motifs is 3. The van der Waals surface area contributed by atoms with Crippen molar-refractivity contribution in [3.8, 4) is 0 Å². The van der Waals surface area contributed by atoms with Gasteiger partial charge in [0.05, 0.1) is 10.6 Å². The Morgan fingerprint density at radius 2 is 1.39 bits per heavy atom. The number of nitrogens with zero attached hydrogens (tertiary/aromatic N) is 1. The summed E-state index contributed by atoms with van der Waals surface area (Å²) in [6.07, 6.45) is 0. The molecule has 7 heteroatoms. The Hall–Kier alpha value is -4.10. The van der Waals surface area contributed by atoms with Crippen LogP contribution in [-0.4, -0.2) is 20.9 Å². The molecule has 1 amide bonds.